The van der Waals surface area contributed by atoms with Gasteiger partial charge in [0.05, 0.1) is 13.2 Å². The maximum Gasteiger partial charge on any atom is 0.246 e. The Morgan fingerprint density at radius 1 is 0.938 bits per heavy atom. The van der Waals surface area contributed by atoms with Crippen molar-refractivity contribution in [3.8, 4) is 11.5 Å². The van der Waals surface area contributed by atoms with Crippen LogP contribution in [0.25, 0.3) is 6.08 Å². The lowest BCUT2D eigenvalue weighted by Crippen LogP contribution is -2.49. The van der Waals surface area contributed by atoms with Gasteiger partial charge in [0.25, 0.3) is 0 Å². The second kappa shape index (κ2) is 9.04. The van der Waals surface area contributed by atoms with E-state index in [1.54, 1.807) is 6.08 Å². The standard InChI is InChI=1S/C23H27N5O4/c1-17-14-21(26-10-12-30-13-11-26)25-23(24-17)28-8-6-27(7-9-28)22(29)5-3-18-2-4-19-20(15-18)32-16-31-19/h2-5,14-15H,6-13,16H2,1H3/b5-3+. The monoisotopic (exact) mass is 437 g/mol. The highest BCUT2D eigenvalue weighted by Crippen LogP contribution is 2.32. The van der Waals surface area contributed by atoms with Crippen molar-refractivity contribution in [2.45, 2.75) is 6.92 Å². The summed E-state index contributed by atoms with van der Waals surface area (Å²) in [6.45, 7) is 8.04. The fourth-order valence-corrected chi connectivity index (χ4v) is 4.05. The molecule has 2 fully saturated rings. The van der Waals surface area contributed by atoms with Crippen molar-refractivity contribution in [2.75, 3.05) is 69.1 Å². The van der Waals surface area contributed by atoms with E-state index in [-0.39, 0.29) is 12.7 Å². The molecular formula is C23H27N5O4. The van der Waals surface area contributed by atoms with Crippen LogP contribution in [0.3, 0.4) is 0 Å². The smallest absolute Gasteiger partial charge is 0.246 e. The third kappa shape index (κ3) is 4.47. The Bertz CT molecular complexity index is 1010. The first kappa shape index (κ1) is 20.6. The number of nitrogens with zero attached hydrogens (tertiary/aromatic N) is 5. The van der Waals surface area contributed by atoms with Crippen LogP contribution in [-0.2, 0) is 9.53 Å². The van der Waals surface area contributed by atoms with E-state index in [1.165, 1.54) is 0 Å². The van der Waals surface area contributed by atoms with Crippen molar-refractivity contribution in [3.63, 3.8) is 0 Å². The lowest BCUT2D eigenvalue weighted by molar-refractivity contribution is -0.126. The molecule has 1 amide bonds. The van der Waals surface area contributed by atoms with Crippen LogP contribution in [0, 0.1) is 6.92 Å². The summed E-state index contributed by atoms with van der Waals surface area (Å²) in [7, 11) is 0. The maximum atomic E-state index is 12.7. The van der Waals surface area contributed by atoms with Crippen LogP contribution in [0.5, 0.6) is 11.5 Å². The first-order chi connectivity index (χ1) is 15.7. The van der Waals surface area contributed by atoms with E-state index in [4.69, 9.17) is 19.2 Å². The van der Waals surface area contributed by atoms with Gasteiger partial charge in [-0.05, 0) is 30.7 Å². The summed E-state index contributed by atoms with van der Waals surface area (Å²) in [4.78, 5) is 28.4. The fourth-order valence-electron chi connectivity index (χ4n) is 4.05. The number of aryl methyl sites for hydroxylation is 1. The van der Waals surface area contributed by atoms with E-state index in [2.05, 4.69) is 14.8 Å². The molecule has 4 heterocycles. The molecule has 0 bridgehead atoms. The van der Waals surface area contributed by atoms with Crippen molar-refractivity contribution in [1.82, 2.24) is 14.9 Å². The van der Waals surface area contributed by atoms with Gasteiger partial charge in [-0.1, -0.05) is 6.07 Å². The predicted molar refractivity (Wildman–Crippen MR) is 120 cm³/mol. The van der Waals surface area contributed by atoms with Crippen molar-refractivity contribution in [3.05, 3.63) is 41.6 Å². The Labute approximate surface area is 187 Å². The van der Waals surface area contributed by atoms with Crippen LogP contribution in [-0.4, -0.2) is 80.1 Å². The van der Waals surface area contributed by atoms with Crippen LogP contribution < -0.4 is 19.3 Å². The number of amides is 1. The largest absolute Gasteiger partial charge is 0.454 e. The summed E-state index contributed by atoms with van der Waals surface area (Å²) in [6.07, 6.45) is 3.43. The first-order valence-corrected chi connectivity index (χ1v) is 11.0. The number of anilines is 2. The summed E-state index contributed by atoms with van der Waals surface area (Å²) >= 11 is 0. The van der Waals surface area contributed by atoms with Crippen molar-refractivity contribution in [1.29, 1.82) is 0 Å². The number of morpholine rings is 1. The average Bonchev–Trinajstić information content (AvgIpc) is 3.31. The highest BCUT2D eigenvalue weighted by atomic mass is 16.7. The molecule has 32 heavy (non-hydrogen) atoms. The van der Waals surface area contributed by atoms with Crippen LogP contribution in [0.4, 0.5) is 11.8 Å². The minimum atomic E-state index is 0.00137. The summed E-state index contributed by atoms with van der Waals surface area (Å²) in [6, 6.07) is 7.68. The van der Waals surface area contributed by atoms with Crippen LogP contribution in [0.2, 0.25) is 0 Å². The molecule has 3 aliphatic rings. The highest BCUT2D eigenvalue weighted by molar-refractivity contribution is 5.92. The minimum absolute atomic E-state index is 0.00137. The van der Waals surface area contributed by atoms with Gasteiger partial charge < -0.3 is 28.9 Å². The van der Waals surface area contributed by atoms with E-state index in [0.29, 0.717) is 31.9 Å². The zero-order valence-electron chi connectivity index (χ0n) is 18.2. The number of aromatic nitrogens is 2. The van der Waals surface area contributed by atoms with Gasteiger partial charge in [0, 0.05) is 57.1 Å². The number of hydrogen-bond donors (Lipinski definition) is 0. The van der Waals surface area contributed by atoms with Crippen molar-refractivity contribution >= 4 is 23.7 Å². The van der Waals surface area contributed by atoms with Crippen LogP contribution in [0.15, 0.2) is 30.3 Å². The first-order valence-electron chi connectivity index (χ1n) is 11.0. The molecule has 1 aromatic carbocycles. The lowest BCUT2D eigenvalue weighted by Gasteiger charge is -2.35. The van der Waals surface area contributed by atoms with E-state index >= 15 is 0 Å². The zero-order valence-corrected chi connectivity index (χ0v) is 18.2. The number of fused-ring (bicyclic) bond motifs is 1. The van der Waals surface area contributed by atoms with Crippen molar-refractivity contribution < 1.29 is 19.0 Å². The van der Waals surface area contributed by atoms with Crippen LogP contribution >= 0.6 is 0 Å². The molecule has 0 unspecified atom stereocenters. The Balaban J connectivity index is 1.19. The second-order valence-corrected chi connectivity index (χ2v) is 8.03. The van der Waals surface area contributed by atoms with E-state index in [1.807, 2.05) is 42.2 Å². The Morgan fingerprint density at radius 3 is 2.53 bits per heavy atom. The predicted octanol–water partition coefficient (Wildman–Crippen LogP) is 1.71. The number of hydrogen-bond acceptors (Lipinski definition) is 8. The number of piperazine rings is 1. The van der Waals surface area contributed by atoms with Crippen molar-refractivity contribution in [2.24, 2.45) is 0 Å². The van der Waals surface area contributed by atoms with Gasteiger partial charge in [0.15, 0.2) is 11.5 Å². The third-order valence-corrected chi connectivity index (χ3v) is 5.85. The quantitative estimate of drug-likeness (QED) is 0.669. The topological polar surface area (TPSA) is 80.3 Å². The van der Waals surface area contributed by atoms with Gasteiger partial charge in [-0.2, -0.15) is 4.98 Å². The van der Waals surface area contributed by atoms with Gasteiger partial charge >= 0.3 is 0 Å². The molecule has 0 atom stereocenters. The molecule has 2 saturated heterocycles. The molecule has 9 nitrogen and oxygen atoms in total. The molecule has 1 aromatic heterocycles. The Morgan fingerprint density at radius 2 is 1.72 bits per heavy atom. The van der Waals surface area contributed by atoms with Gasteiger partial charge in [-0.15, -0.1) is 0 Å². The van der Waals surface area contributed by atoms with E-state index in [9.17, 15) is 4.79 Å². The molecule has 9 heteroatoms. The number of rotatable bonds is 4. The molecule has 0 radical (unpaired) electrons. The zero-order chi connectivity index (χ0) is 21.9. The number of carbonyl (C=O) groups is 1. The maximum absolute atomic E-state index is 12.7. The molecule has 2 aromatic rings. The fraction of sp³-hybridized carbons (Fsp3) is 0.435. The normalized spacial score (nSPS) is 18.5. The number of ether oxygens (including phenoxy) is 3. The number of carbonyl (C=O) groups excluding carboxylic acids is 1. The van der Waals surface area contributed by atoms with Gasteiger partial charge in [-0.3, -0.25) is 4.79 Å². The van der Waals surface area contributed by atoms with E-state index in [0.717, 1.165) is 55.1 Å². The lowest BCUT2D eigenvalue weighted by atomic mass is 10.2. The summed E-state index contributed by atoms with van der Waals surface area (Å²) < 4.78 is 16.2. The molecule has 0 aliphatic carbocycles. The number of benzene rings is 1. The summed E-state index contributed by atoms with van der Waals surface area (Å²) in [5.74, 6) is 3.12. The van der Waals surface area contributed by atoms with E-state index < -0.39 is 0 Å². The Hall–Kier alpha value is -3.33. The molecule has 0 spiro atoms. The molecule has 168 valence electrons. The van der Waals surface area contributed by atoms with Gasteiger partial charge in [-0.25, -0.2) is 4.98 Å². The Kier molecular flexibility index (Phi) is 5.81. The van der Waals surface area contributed by atoms with Gasteiger partial charge in [0.2, 0.25) is 18.6 Å². The van der Waals surface area contributed by atoms with Gasteiger partial charge in [0.1, 0.15) is 5.82 Å². The summed E-state index contributed by atoms with van der Waals surface area (Å²) in [5.41, 5.74) is 1.85. The average molecular weight is 438 g/mol. The molecular weight excluding hydrogens is 410 g/mol. The SMILES string of the molecule is Cc1cc(N2CCOCC2)nc(N2CCN(C(=O)/C=C/c3ccc4c(c3)OCO4)CC2)n1. The van der Waals surface area contributed by atoms with Crippen LogP contribution in [0.1, 0.15) is 11.3 Å². The third-order valence-electron chi connectivity index (χ3n) is 5.85. The molecule has 3 aliphatic heterocycles. The minimum Gasteiger partial charge on any atom is -0.454 e. The molecule has 0 saturated carbocycles. The second-order valence-electron chi connectivity index (χ2n) is 8.03. The molecule has 5 rings (SSSR count). The summed E-state index contributed by atoms with van der Waals surface area (Å²) in [5, 5.41) is 0. The highest BCUT2D eigenvalue weighted by Gasteiger charge is 2.23. The molecule has 0 N–H and O–H groups in total.